The number of para-hydroxylation sites is 1. The van der Waals surface area contributed by atoms with Gasteiger partial charge in [0.2, 0.25) is 0 Å². The number of nitrogens with one attached hydrogen (secondary N) is 1. The van der Waals surface area contributed by atoms with Gasteiger partial charge in [0.15, 0.2) is 5.82 Å². The minimum Gasteiger partial charge on any atom is -0.365 e. The van der Waals surface area contributed by atoms with E-state index >= 15 is 0 Å². The molecule has 0 unspecified atom stereocenters. The number of nitrogens with zero attached hydrogens (tertiary/aromatic N) is 2. The van der Waals surface area contributed by atoms with Crippen LogP contribution in [0.1, 0.15) is 5.56 Å². The van der Waals surface area contributed by atoms with E-state index in [2.05, 4.69) is 26.2 Å². The van der Waals surface area contributed by atoms with Gasteiger partial charge in [-0.05, 0) is 42.0 Å². The van der Waals surface area contributed by atoms with Crippen molar-refractivity contribution in [1.82, 2.24) is 9.97 Å². The zero-order valence-electron chi connectivity index (χ0n) is 13.8. The fraction of sp³-hybridized carbons (Fsp3) is 0.0476. The zero-order chi connectivity index (χ0) is 17.9. The Morgan fingerprint density at radius 3 is 2.35 bits per heavy atom. The van der Waals surface area contributed by atoms with Crippen LogP contribution in [0.15, 0.2) is 77.3 Å². The first kappa shape index (κ1) is 16.7. The highest BCUT2D eigenvalue weighted by Crippen LogP contribution is 2.26. The first-order chi connectivity index (χ1) is 12.7. The summed E-state index contributed by atoms with van der Waals surface area (Å²) in [6, 6.07) is 22.3. The van der Waals surface area contributed by atoms with Crippen LogP contribution in [0.2, 0.25) is 0 Å². The summed E-state index contributed by atoms with van der Waals surface area (Å²) < 4.78 is 14.1. The lowest BCUT2D eigenvalue weighted by Crippen LogP contribution is -2.04. The fourth-order valence-electron chi connectivity index (χ4n) is 2.73. The largest absolute Gasteiger partial charge is 0.365 e. The maximum absolute atomic E-state index is 13.1. The molecule has 4 aromatic rings. The molecule has 3 nitrogen and oxygen atoms in total. The Morgan fingerprint density at radius 2 is 1.58 bits per heavy atom. The van der Waals surface area contributed by atoms with Crippen molar-refractivity contribution in [3.63, 3.8) is 0 Å². The quantitative estimate of drug-likeness (QED) is 0.463. The van der Waals surface area contributed by atoms with E-state index in [1.165, 1.54) is 12.1 Å². The standard InChI is InChI=1S/C21H15BrFN3/c22-16-9-7-15(8-10-16)20-25-19-4-2-1-3-18(19)21(26-20)24-13-14-5-11-17(23)12-6-14/h1-12H,13H2,(H,24,25,26). The predicted molar refractivity (Wildman–Crippen MR) is 106 cm³/mol. The third-order valence-electron chi connectivity index (χ3n) is 4.08. The zero-order valence-corrected chi connectivity index (χ0v) is 15.4. The third kappa shape index (κ3) is 3.58. The van der Waals surface area contributed by atoms with Gasteiger partial charge in [0.1, 0.15) is 11.6 Å². The van der Waals surface area contributed by atoms with Gasteiger partial charge in [-0.3, -0.25) is 0 Å². The van der Waals surface area contributed by atoms with E-state index in [9.17, 15) is 4.39 Å². The average molecular weight is 408 g/mol. The van der Waals surface area contributed by atoms with Crippen LogP contribution in [0.4, 0.5) is 10.2 Å². The maximum Gasteiger partial charge on any atom is 0.162 e. The summed E-state index contributed by atoms with van der Waals surface area (Å²) in [4.78, 5) is 9.41. The summed E-state index contributed by atoms with van der Waals surface area (Å²) >= 11 is 3.45. The number of aromatic nitrogens is 2. The normalized spacial score (nSPS) is 10.8. The molecule has 4 rings (SSSR count). The fourth-order valence-corrected chi connectivity index (χ4v) is 2.99. The third-order valence-corrected chi connectivity index (χ3v) is 4.61. The van der Waals surface area contributed by atoms with Gasteiger partial charge in [-0.2, -0.15) is 0 Å². The Labute approximate surface area is 159 Å². The average Bonchev–Trinajstić information content (AvgIpc) is 2.68. The number of rotatable bonds is 4. The highest BCUT2D eigenvalue weighted by molar-refractivity contribution is 9.10. The minimum absolute atomic E-state index is 0.237. The van der Waals surface area contributed by atoms with Gasteiger partial charge >= 0.3 is 0 Å². The molecule has 0 bridgehead atoms. The molecule has 0 amide bonds. The van der Waals surface area contributed by atoms with Crippen molar-refractivity contribution in [3.05, 3.63) is 88.6 Å². The molecule has 0 saturated heterocycles. The number of halogens is 2. The van der Waals surface area contributed by atoms with Crippen LogP contribution in [-0.4, -0.2) is 9.97 Å². The second-order valence-electron chi connectivity index (χ2n) is 5.90. The number of anilines is 1. The van der Waals surface area contributed by atoms with Gasteiger partial charge in [-0.1, -0.05) is 52.3 Å². The molecular formula is C21H15BrFN3. The molecule has 0 atom stereocenters. The first-order valence-corrected chi connectivity index (χ1v) is 8.99. The molecule has 0 saturated carbocycles. The monoisotopic (exact) mass is 407 g/mol. The second-order valence-corrected chi connectivity index (χ2v) is 6.82. The van der Waals surface area contributed by atoms with Gasteiger partial charge in [-0.25, -0.2) is 14.4 Å². The number of hydrogen-bond donors (Lipinski definition) is 1. The van der Waals surface area contributed by atoms with Crippen molar-refractivity contribution >= 4 is 32.7 Å². The Morgan fingerprint density at radius 1 is 0.846 bits per heavy atom. The van der Waals surface area contributed by atoms with Crippen LogP contribution in [0, 0.1) is 5.82 Å². The van der Waals surface area contributed by atoms with Crippen LogP contribution in [0.25, 0.3) is 22.3 Å². The van der Waals surface area contributed by atoms with Crippen LogP contribution in [0.3, 0.4) is 0 Å². The molecule has 1 aromatic heterocycles. The van der Waals surface area contributed by atoms with Crippen molar-refractivity contribution in [3.8, 4) is 11.4 Å². The molecule has 0 aliphatic heterocycles. The maximum atomic E-state index is 13.1. The lowest BCUT2D eigenvalue weighted by Gasteiger charge is -2.11. The SMILES string of the molecule is Fc1ccc(CNc2nc(-c3ccc(Br)cc3)nc3ccccc23)cc1. The van der Waals surface area contributed by atoms with Crippen molar-refractivity contribution < 1.29 is 4.39 Å². The van der Waals surface area contributed by atoms with Crippen molar-refractivity contribution in [2.45, 2.75) is 6.54 Å². The molecule has 0 radical (unpaired) electrons. The minimum atomic E-state index is -0.237. The van der Waals surface area contributed by atoms with Crippen LogP contribution in [-0.2, 0) is 6.54 Å². The Kier molecular flexibility index (Phi) is 4.63. The van der Waals surface area contributed by atoms with E-state index in [0.717, 1.165) is 32.3 Å². The highest BCUT2D eigenvalue weighted by atomic mass is 79.9. The lowest BCUT2D eigenvalue weighted by molar-refractivity contribution is 0.627. The molecule has 0 aliphatic rings. The Bertz CT molecular complexity index is 1050. The van der Waals surface area contributed by atoms with Gasteiger partial charge in [-0.15, -0.1) is 0 Å². The van der Waals surface area contributed by atoms with Gasteiger partial charge in [0.25, 0.3) is 0 Å². The number of fused-ring (bicyclic) bond motifs is 1. The molecule has 128 valence electrons. The summed E-state index contributed by atoms with van der Waals surface area (Å²) in [6.45, 7) is 0.557. The van der Waals surface area contributed by atoms with E-state index in [0.29, 0.717) is 12.4 Å². The van der Waals surface area contributed by atoms with E-state index in [1.807, 2.05) is 48.5 Å². The molecule has 0 spiro atoms. The molecular weight excluding hydrogens is 393 g/mol. The molecule has 3 aromatic carbocycles. The molecule has 1 N–H and O–H groups in total. The van der Waals surface area contributed by atoms with E-state index in [4.69, 9.17) is 4.98 Å². The molecule has 26 heavy (non-hydrogen) atoms. The van der Waals surface area contributed by atoms with Crippen molar-refractivity contribution in [1.29, 1.82) is 0 Å². The Hall–Kier alpha value is -2.79. The summed E-state index contributed by atoms with van der Waals surface area (Å²) in [6.07, 6.45) is 0. The summed E-state index contributed by atoms with van der Waals surface area (Å²) in [5.41, 5.74) is 2.81. The van der Waals surface area contributed by atoms with Crippen LogP contribution in [0.5, 0.6) is 0 Å². The van der Waals surface area contributed by atoms with E-state index in [1.54, 1.807) is 12.1 Å². The van der Waals surface area contributed by atoms with Gasteiger partial charge in [0.05, 0.1) is 5.52 Å². The smallest absolute Gasteiger partial charge is 0.162 e. The summed E-state index contributed by atoms with van der Waals surface area (Å²) in [7, 11) is 0. The molecule has 5 heteroatoms. The topological polar surface area (TPSA) is 37.8 Å². The lowest BCUT2D eigenvalue weighted by atomic mass is 10.1. The van der Waals surface area contributed by atoms with Gasteiger partial charge in [0, 0.05) is 22.0 Å². The number of benzene rings is 3. The van der Waals surface area contributed by atoms with Crippen LogP contribution < -0.4 is 5.32 Å². The summed E-state index contributed by atoms with van der Waals surface area (Å²) in [5, 5.41) is 4.32. The van der Waals surface area contributed by atoms with Gasteiger partial charge < -0.3 is 5.32 Å². The van der Waals surface area contributed by atoms with Crippen LogP contribution >= 0.6 is 15.9 Å². The van der Waals surface area contributed by atoms with E-state index in [-0.39, 0.29) is 5.82 Å². The van der Waals surface area contributed by atoms with E-state index < -0.39 is 0 Å². The molecule has 0 aliphatic carbocycles. The molecule has 1 heterocycles. The highest BCUT2D eigenvalue weighted by Gasteiger charge is 2.09. The second kappa shape index (κ2) is 7.22. The molecule has 0 fully saturated rings. The number of hydrogen-bond acceptors (Lipinski definition) is 3. The summed E-state index contributed by atoms with van der Waals surface area (Å²) in [5.74, 6) is 1.19. The first-order valence-electron chi connectivity index (χ1n) is 8.20. The predicted octanol–water partition coefficient (Wildman–Crippen LogP) is 5.81. The van der Waals surface area contributed by atoms with Crippen molar-refractivity contribution in [2.24, 2.45) is 0 Å². The Balaban J connectivity index is 1.72. The van der Waals surface area contributed by atoms with Crippen molar-refractivity contribution in [2.75, 3.05) is 5.32 Å².